The highest BCUT2D eigenvalue weighted by Crippen LogP contribution is 2.35. The van der Waals surface area contributed by atoms with Crippen molar-refractivity contribution in [1.82, 2.24) is 4.90 Å². The van der Waals surface area contributed by atoms with Gasteiger partial charge in [-0.3, -0.25) is 4.90 Å². The summed E-state index contributed by atoms with van der Waals surface area (Å²) in [5, 5.41) is 0. The van der Waals surface area contributed by atoms with Crippen molar-refractivity contribution < 1.29 is 19.1 Å². The van der Waals surface area contributed by atoms with Crippen LogP contribution in [0.3, 0.4) is 0 Å². The van der Waals surface area contributed by atoms with Gasteiger partial charge in [-0.05, 0) is 40.0 Å². The molecule has 5 heteroatoms. The van der Waals surface area contributed by atoms with Gasteiger partial charge in [0.1, 0.15) is 11.1 Å². The first-order valence-corrected chi connectivity index (χ1v) is 6.47. The molecule has 1 heterocycles. The van der Waals surface area contributed by atoms with E-state index in [2.05, 4.69) is 6.58 Å². The zero-order valence-electron chi connectivity index (χ0n) is 12.2. The highest BCUT2D eigenvalue weighted by atomic mass is 16.6. The molecule has 1 atom stereocenters. The van der Waals surface area contributed by atoms with Crippen LogP contribution in [0.4, 0.5) is 4.79 Å². The van der Waals surface area contributed by atoms with E-state index in [0.717, 1.165) is 6.42 Å². The van der Waals surface area contributed by atoms with E-state index in [4.69, 9.17) is 9.47 Å². The molecule has 0 aromatic rings. The molecular weight excluding hydrogens is 246 g/mol. The molecule has 0 saturated carbocycles. The predicted octanol–water partition coefficient (Wildman–Crippen LogP) is 2.51. The SMILES string of the molecule is C=CCC1(C(=O)OC)CCCN1C(=O)OC(C)(C)C. The Kier molecular flexibility index (Phi) is 4.61. The fourth-order valence-electron chi connectivity index (χ4n) is 2.40. The summed E-state index contributed by atoms with van der Waals surface area (Å²) in [6.07, 6.45) is 2.86. The van der Waals surface area contributed by atoms with Crippen LogP contribution in [0.2, 0.25) is 0 Å². The van der Waals surface area contributed by atoms with Crippen molar-refractivity contribution in [3.63, 3.8) is 0 Å². The third-order valence-corrected chi connectivity index (χ3v) is 3.15. The Balaban J connectivity index is 3.00. The maximum absolute atomic E-state index is 12.2. The molecule has 1 aliphatic heterocycles. The standard InChI is InChI=1S/C14H23NO4/c1-6-8-14(11(16)18-5)9-7-10-15(14)12(17)19-13(2,3)4/h6H,1,7-10H2,2-5H3. The van der Waals surface area contributed by atoms with E-state index in [-0.39, 0.29) is 0 Å². The lowest BCUT2D eigenvalue weighted by Crippen LogP contribution is -2.54. The number of carbonyl (C=O) groups is 2. The van der Waals surface area contributed by atoms with Gasteiger partial charge in [-0.2, -0.15) is 0 Å². The van der Waals surface area contributed by atoms with Crippen LogP contribution in [-0.4, -0.2) is 41.8 Å². The Hall–Kier alpha value is -1.52. The van der Waals surface area contributed by atoms with Crippen LogP contribution in [0.5, 0.6) is 0 Å². The average molecular weight is 269 g/mol. The number of rotatable bonds is 3. The summed E-state index contributed by atoms with van der Waals surface area (Å²) in [4.78, 5) is 25.8. The van der Waals surface area contributed by atoms with Gasteiger partial charge in [0.25, 0.3) is 0 Å². The largest absolute Gasteiger partial charge is 0.467 e. The van der Waals surface area contributed by atoms with Crippen molar-refractivity contribution in [2.24, 2.45) is 0 Å². The molecule has 1 amide bonds. The summed E-state index contributed by atoms with van der Waals surface area (Å²) >= 11 is 0. The van der Waals surface area contributed by atoms with Gasteiger partial charge in [0.05, 0.1) is 7.11 Å². The highest BCUT2D eigenvalue weighted by molar-refractivity contribution is 5.86. The van der Waals surface area contributed by atoms with Gasteiger partial charge >= 0.3 is 12.1 Å². The minimum Gasteiger partial charge on any atom is -0.467 e. The number of likely N-dealkylation sites (tertiary alicyclic amines) is 1. The minimum atomic E-state index is -0.959. The molecule has 1 rings (SSSR count). The Morgan fingerprint density at radius 2 is 2.05 bits per heavy atom. The lowest BCUT2D eigenvalue weighted by Gasteiger charge is -2.36. The molecule has 0 aromatic carbocycles. The van der Waals surface area contributed by atoms with E-state index in [1.54, 1.807) is 26.8 Å². The second-order valence-electron chi connectivity index (χ2n) is 5.75. The Labute approximate surface area is 114 Å². The number of amides is 1. The maximum Gasteiger partial charge on any atom is 0.411 e. The Morgan fingerprint density at radius 1 is 1.42 bits per heavy atom. The van der Waals surface area contributed by atoms with E-state index in [9.17, 15) is 9.59 Å². The van der Waals surface area contributed by atoms with E-state index < -0.39 is 23.2 Å². The quantitative estimate of drug-likeness (QED) is 0.583. The van der Waals surface area contributed by atoms with Gasteiger partial charge < -0.3 is 9.47 Å². The van der Waals surface area contributed by atoms with E-state index in [0.29, 0.717) is 19.4 Å². The Bertz CT molecular complexity index is 372. The van der Waals surface area contributed by atoms with Crippen LogP contribution >= 0.6 is 0 Å². The minimum absolute atomic E-state index is 0.374. The van der Waals surface area contributed by atoms with Gasteiger partial charge in [-0.1, -0.05) is 6.08 Å². The summed E-state index contributed by atoms with van der Waals surface area (Å²) in [5.41, 5.74) is -1.55. The summed E-state index contributed by atoms with van der Waals surface area (Å²) in [6, 6.07) is 0. The number of ether oxygens (including phenoxy) is 2. The van der Waals surface area contributed by atoms with Crippen LogP contribution in [0.25, 0.3) is 0 Å². The number of hydrogen-bond donors (Lipinski definition) is 0. The summed E-state index contributed by atoms with van der Waals surface area (Å²) < 4.78 is 10.2. The molecule has 0 radical (unpaired) electrons. The first kappa shape index (κ1) is 15.5. The number of methoxy groups -OCH3 is 1. The topological polar surface area (TPSA) is 55.8 Å². The second kappa shape index (κ2) is 5.63. The smallest absolute Gasteiger partial charge is 0.411 e. The number of esters is 1. The van der Waals surface area contributed by atoms with Crippen LogP contribution in [0, 0.1) is 0 Å². The van der Waals surface area contributed by atoms with E-state index in [1.807, 2.05) is 0 Å². The average Bonchev–Trinajstić information content (AvgIpc) is 2.71. The lowest BCUT2D eigenvalue weighted by molar-refractivity contribution is -0.153. The zero-order chi connectivity index (χ0) is 14.7. The van der Waals surface area contributed by atoms with Gasteiger partial charge in [-0.25, -0.2) is 9.59 Å². The van der Waals surface area contributed by atoms with Gasteiger partial charge in [0, 0.05) is 6.54 Å². The van der Waals surface area contributed by atoms with Crippen molar-refractivity contribution in [3.8, 4) is 0 Å². The van der Waals surface area contributed by atoms with Crippen molar-refractivity contribution >= 4 is 12.1 Å². The third-order valence-electron chi connectivity index (χ3n) is 3.15. The number of nitrogens with zero attached hydrogens (tertiary/aromatic N) is 1. The zero-order valence-corrected chi connectivity index (χ0v) is 12.2. The van der Waals surface area contributed by atoms with Crippen LogP contribution in [0.1, 0.15) is 40.0 Å². The van der Waals surface area contributed by atoms with Crippen molar-refractivity contribution in [2.45, 2.75) is 51.2 Å². The molecule has 0 bridgehead atoms. The fourth-order valence-corrected chi connectivity index (χ4v) is 2.40. The molecule has 1 saturated heterocycles. The van der Waals surface area contributed by atoms with E-state index in [1.165, 1.54) is 12.0 Å². The summed E-state index contributed by atoms with van der Waals surface area (Å²) in [7, 11) is 1.33. The monoisotopic (exact) mass is 269 g/mol. The predicted molar refractivity (Wildman–Crippen MR) is 71.7 cm³/mol. The van der Waals surface area contributed by atoms with Crippen LogP contribution in [0.15, 0.2) is 12.7 Å². The molecule has 0 N–H and O–H groups in total. The molecule has 19 heavy (non-hydrogen) atoms. The molecule has 5 nitrogen and oxygen atoms in total. The molecule has 0 aliphatic carbocycles. The normalized spacial score (nSPS) is 23.1. The van der Waals surface area contributed by atoms with Crippen LogP contribution < -0.4 is 0 Å². The number of carbonyl (C=O) groups excluding carboxylic acids is 2. The Morgan fingerprint density at radius 3 is 2.53 bits per heavy atom. The van der Waals surface area contributed by atoms with Crippen LogP contribution in [-0.2, 0) is 14.3 Å². The third kappa shape index (κ3) is 3.28. The molecule has 1 unspecified atom stereocenters. The maximum atomic E-state index is 12.2. The lowest BCUT2D eigenvalue weighted by atomic mass is 9.92. The second-order valence-corrected chi connectivity index (χ2v) is 5.75. The molecule has 1 fully saturated rings. The van der Waals surface area contributed by atoms with Crippen molar-refractivity contribution in [3.05, 3.63) is 12.7 Å². The molecule has 1 aliphatic rings. The van der Waals surface area contributed by atoms with Gasteiger partial charge in [0.2, 0.25) is 0 Å². The van der Waals surface area contributed by atoms with Gasteiger partial charge in [0.15, 0.2) is 0 Å². The van der Waals surface area contributed by atoms with Crippen molar-refractivity contribution in [2.75, 3.05) is 13.7 Å². The molecular formula is C14H23NO4. The van der Waals surface area contributed by atoms with E-state index >= 15 is 0 Å². The summed E-state index contributed by atoms with van der Waals surface area (Å²) in [6.45, 7) is 9.57. The first-order chi connectivity index (χ1) is 8.77. The highest BCUT2D eigenvalue weighted by Gasteiger charge is 2.51. The molecule has 0 aromatic heterocycles. The fraction of sp³-hybridized carbons (Fsp3) is 0.714. The van der Waals surface area contributed by atoms with Crippen molar-refractivity contribution in [1.29, 1.82) is 0 Å². The first-order valence-electron chi connectivity index (χ1n) is 6.47. The van der Waals surface area contributed by atoms with Gasteiger partial charge in [-0.15, -0.1) is 6.58 Å². The molecule has 0 spiro atoms. The molecule has 108 valence electrons. The number of hydrogen-bond acceptors (Lipinski definition) is 4. The summed E-state index contributed by atoms with van der Waals surface area (Å²) in [5.74, 6) is -0.407.